The maximum atomic E-state index is 11.0. The summed E-state index contributed by atoms with van der Waals surface area (Å²) in [7, 11) is -1.77. The van der Waals surface area contributed by atoms with E-state index >= 15 is 0 Å². The fourth-order valence-corrected chi connectivity index (χ4v) is 1.65. The second kappa shape index (κ2) is 4.84. The van der Waals surface area contributed by atoms with Crippen molar-refractivity contribution >= 4 is 16.3 Å². The summed E-state index contributed by atoms with van der Waals surface area (Å²) in [6, 6.07) is 9.84. The predicted molar refractivity (Wildman–Crippen MR) is 64.2 cm³/mol. The normalized spacial score (nSPS) is 10.4. The number of hydrogen-bond donors (Lipinski definition) is 2. The van der Waals surface area contributed by atoms with Crippen LogP contribution in [0.1, 0.15) is 0 Å². The number of nitrogens with zero attached hydrogens (tertiary/aromatic N) is 1. The van der Waals surface area contributed by atoms with Crippen LogP contribution in [0.5, 0.6) is 11.6 Å². The Morgan fingerprint density at radius 3 is 2.76 bits per heavy atom. The first kappa shape index (κ1) is 11.4. The molecule has 1 aromatic heterocycles. The van der Waals surface area contributed by atoms with Crippen molar-refractivity contribution in [3.8, 4) is 11.6 Å². The molecule has 0 atom stereocenters. The number of nitrogens with one attached hydrogen (secondary N) is 1. The van der Waals surface area contributed by atoms with Gasteiger partial charge in [-0.15, -0.1) is 0 Å². The number of benzene rings is 1. The van der Waals surface area contributed by atoms with Gasteiger partial charge in [0.2, 0.25) is 5.88 Å². The van der Waals surface area contributed by atoms with Crippen molar-refractivity contribution in [2.45, 2.75) is 4.90 Å². The first-order chi connectivity index (χ1) is 8.15. The summed E-state index contributed by atoms with van der Waals surface area (Å²) < 4.78 is 23.5. The van der Waals surface area contributed by atoms with Gasteiger partial charge >= 0.3 is 0 Å². The molecule has 0 aliphatic rings. The number of rotatable bonds is 3. The highest BCUT2D eigenvalue weighted by atomic mass is 32.2. The van der Waals surface area contributed by atoms with Gasteiger partial charge in [-0.2, -0.15) is 10.6 Å². The smallest absolute Gasteiger partial charge is 0.219 e. The molecule has 2 aromatic rings. The van der Waals surface area contributed by atoms with Crippen LogP contribution < -0.4 is 10.5 Å². The van der Waals surface area contributed by atoms with E-state index in [1.807, 2.05) is 0 Å². The number of nitrogen functional groups attached to an aromatic ring is 1. The topological polar surface area (TPSA) is 89.1 Å². The molecule has 3 N–H and O–H groups in total. The van der Waals surface area contributed by atoms with Gasteiger partial charge in [0, 0.05) is 6.07 Å². The Labute approximate surface area is 100 Å². The van der Waals surface area contributed by atoms with Crippen LogP contribution >= 0.6 is 0 Å². The van der Waals surface area contributed by atoms with Crippen LogP contribution in [-0.2, 0) is 14.8 Å². The Bertz CT molecular complexity index is 586. The maximum absolute atomic E-state index is 11.0. The van der Waals surface area contributed by atoms with E-state index in [0.29, 0.717) is 22.2 Å². The molecule has 6 heteroatoms. The molecule has 0 saturated heterocycles. The van der Waals surface area contributed by atoms with Crippen LogP contribution in [0.15, 0.2) is 47.5 Å². The van der Waals surface area contributed by atoms with Gasteiger partial charge in [0.1, 0.15) is 5.75 Å². The van der Waals surface area contributed by atoms with Gasteiger partial charge < -0.3 is 19.5 Å². The van der Waals surface area contributed by atoms with Gasteiger partial charge in [0.05, 0.1) is 11.9 Å². The highest BCUT2D eigenvalue weighted by Gasteiger charge is 1.97. The Kier molecular flexibility index (Phi) is 3.24. The largest absolute Gasteiger partial charge is 0.440 e. The van der Waals surface area contributed by atoms with Crippen LogP contribution in [-0.4, -0.2) is 4.98 Å². The van der Waals surface area contributed by atoms with Gasteiger partial charge in [-0.3, -0.25) is 0 Å². The van der Waals surface area contributed by atoms with E-state index in [2.05, 4.69) is 4.98 Å². The number of aromatic nitrogens is 1. The van der Waals surface area contributed by atoms with E-state index in [-0.39, 0.29) is 0 Å². The molecule has 0 fully saturated rings. The molecule has 1 aromatic carbocycles. The van der Waals surface area contributed by atoms with Crippen molar-refractivity contribution in [1.82, 2.24) is 4.98 Å². The van der Waals surface area contributed by atoms with Crippen LogP contribution in [0, 0.1) is 4.78 Å². The maximum Gasteiger partial charge on any atom is 0.219 e. The van der Waals surface area contributed by atoms with E-state index in [1.165, 1.54) is 6.20 Å². The number of nitrogens with two attached hydrogens (primary N) is 1. The third kappa shape index (κ3) is 2.94. The third-order valence-corrected chi connectivity index (χ3v) is 2.68. The molecule has 0 bridgehead atoms. The Hall–Kier alpha value is -2.08. The van der Waals surface area contributed by atoms with Gasteiger partial charge in [-0.1, -0.05) is 17.0 Å². The number of hydrogen-bond acceptors (Lipinski definition) is 6. The SMILES string of the molecule is N=[S-](=O)c1cccc(Oc2ccc(N)cn2)c1. The highest BCUT2D eigenvalue weighted by Crippen LogP contribution is 2.21. The molecule has 2 rings (SSSR count). The first-order valence-electron chi connectivity index (χ1n) is 4.77. The summed E-state index contributed by atoms with van der Waals surface area (Å²) in [4.78, 5) is 4.37. The molecule has 0 amide bonds. The molecule has 88 valence electrons. The molecular weight excluding hydrogens is 238 g/mol. The van der Waals surface area contributed by atoms with Crippen LogP contribution in [0.4, 0.5) is 5.69 Å². The zero-order valence-corrected chi connectivity index (χ0v) is 9.61. The molecular formula is C11H10N3O2S-. The molecule has 0 radical (unpaired) electrons. The number of anilines is 1. The third-order valence-electron chi connectivity index (χ3n) is 2.00. The van der Waals surface area contributed by atoms with Gasteiger partial charge in [-0.25, -0.2) is 4.98 Å². The second-order valence-electron chi connectivity index (χ2n) is 3.28. The highest BCUT2D eigenvalue weighted by molar-refractivity contribution is 7.73. The average Bonchev–Trinajstić information content (AvgIpc) is 2.32. The lowest BCUT2D eigenvalue weighted by atomic mass is 10.3. The van der Waals surface area contributed by atoms with Crippen molar-refractivity contribution in [2.75, 3.05) is 5.73 Å². The van der Waals surface area contributed by atoms with E-state index in [9.17, 15) is 4.21 Å². The monoisotopic (exact) mass is 248 g/mol. The lowest BCUT2D eigenvalue weighted by Crippen LogP contribution is -1.90. The van der Waals surface area contributed by atoms with Crippen molar-refractivity contribution < 1.29 is 8.95 Å². The quantitative estimate of drug-likeness (QED) is 0.817. The predicted octanol–water partition coefficient (Wildman–Crippen LogP) is 2.54. The lowest BCUT2D eigenvalue weighted by Gasteiger charge is -2.07. The van der Waals surface area contributed by atoms with Crippen LogP contribution in [0.2, 0.25) is 0 Å². The minimum Gasteiger partial charge on any atom is -0.440 e. The molecule has 0 aliphatic carbocycles. The van der Waals surface area contributed by atoms with Crippen molar-refractivity contribution in [3.05, 3.63) is 42.6 Å². The van der Waals surface area contributed by atoms with Gasteiger partial charge in [0.15, 0.2) is 0 Å². The molecule has 0 unspecified atom stereocenters. The molecule has 0 aliphatic heterocycles. The molecule has 5 nitrogen and oxygen atoms in total. The fourth-order valence-electron chi connectivity index (χ4n) is 1.23. The van der Waals surface area contributed by atoms with Crippen molar-refractivity contribution in [2.24, 2.45) is 0 Å². The van der Waals surface area contributed by atoms with Crippen LogP contribution in [0.25, 0.3) is 0 Å². The summed E-state index contributed by atoms with van der Waals surface area (Å²) in [5, 5.41) is 0. The van der Waals surface area contributed by atoms with Gasteiger partial charge in [-0.05, 0) is 18.2 Å². The molecule has 0 saturated carbocycles. The summed E-state index contributed by atoms with van der Waals surface area (Å²) >= 11 is 0. The van der Waals surface area contributed by atoms with Crippen LogP contribution in [0.3, 0.4) is 0 Å². The summed E-state index contributed by atoms with van der Waals surface area (Å²) in [5.74, 6) is 0.882. The molecule has 17 heavy (non-hydrogen) atoms. The minimum absolute atomic E-state index is 0.387. The molecule has 0 spiro atoms. The average molecular weight is 248 g/mol. The summed E-state index contributed by atoms with van der Waals surface area (Å²) in [5.41, 5.74) is 6.05. The zero-order valence-electron chi connectivity index (χ0n) is 8.79. The van der Waals surface area contributed by atoms with Crippen molar-refractivity contribution in [1.29, 1.82) is 4.78 Å². The fraction of sp³-hybridized carbons (Fsp3) is 0. The summed E-state index contributed by atoms with van der Waals surface area (Å²) in [6.07, 6.45) is 1.49. The first-order valence-corrected chi connectivity index (χ1v) is 5.92. The lowest BCUT2D eigenvalue weighted by molar-refractivity contribution is 0.461. The van der Waals surface area contributed by atoms with Crippen molar-refractivity contribution in [3.63, 3.8) is 0 Å². The Balaban J connectivity index is 2.24. The standard InChI is InChI=1S/C11H10N3O2S/c12-8-4-5-11(14-7-8)16-9-2-1-3-10(6-9)17(13)15/h1-7,13H,12H2/q-1. The molecule has 1 heterocycles. The van der Waals surface area contributed by atoms with Gasteiger partial charge in [0.25, 0.3) is 0 Å². The van der Waals surface area contributed by atoms with E-state index in [1.54, 1.807) is 36.4 Å². The van der Waals surface area contributed by atoms with E-state index < -0.39 is 10.6 Å². The van der Waals surface area contributed by atoms with E-state index in [4.69, 9.17) is 15.3 Å². The van der Waals surface area contributed by atoms with E-state index in [0.717, 1.165) is 0 Å². The zero-order chi connectivity index (χ0) is 12.3. The Morgan fingerprint density at radius 2 is 2.12 bits per heavy atom. The minimum atomic E-state index is -1.77. The second-order valence-corrected chi connectivity index (χ2v) is 4.28. The Morgan fingerprint density at radius 1 is 1.29 bits per heavy atom. The summed E-state index contributed by atoms with van der Waals surface area (Å²) in [6.45, 7) is 0. The number of ether oxygens (including phenoxy) is 1. The number of pyridine rings is 1.